The Labute approximate surface area is 164 Å². The van der Waals surface area contributed by atoms with Crippen LogP contribution in [0.3, 0.4) is 0 Å². The highest BCUT2D eigenvalue weighted by atomic mass is 32.2. The monoisotopic (exact) mass is 424 g/mol. The van der Waals surface area contributed by atoms with E-state index >= 15 is 0 Å². The lowest BCUT2D eigenvalue weighted by molar-refractivity contribution is -0.113. The van der Waals surface area contributed by atoms with E-state index in [4.69, 9.17) is 4.74 Å². The maximum atomic E-state index is 12.6. The first-order chi connectivity index (χ1) is 13.3. The van der Waals surface area contributed by atoms with Gasteiger partial charge in [-0.25, -0.2) is 16.8 Å². The molecule has 0 aliphatic carbocycles. The summed E-state index contributed by atoms with van der Waals surface area (Å²) in [5, 5.41) is 2.48. The number of sulfone groups is 1. The topological polar surface area (TPSA) is 110 Å². The van der Waals surface area contributed by atoms with E-state index < -0.39 is 31.5 Å². The molecule has 3 rings (SSSR count). The van der Waals surface area contributed by atoms with Crippen molar-refractivity contribution in [3.63, 3.8) is 0 Å². The number of morpholine rings is 1. The molecule has 0 saturated carbocycles. The average molecular weight is 425 g/mol. The quantitative estimate of drug-likeness (QED) is 0.744. The summed E-state index contributed by atoms with van der Waals surface area (Å²) in [5.41, 5.74) is 0.314. The van der Waals surface area contributed by atoms with Crippen LogP contribution in [0.25, 0.3) is 0 Å². The number of anilines is 1. The van der Waals surface area contributed by atoms with Gasteiger partial charge in [-0.15, -0.1) is 0 Å². The van der Waals surface area contributed by atoms with Gasteiger partial charge in [0.15, 0.2) is 9.84 Å². The molecule has 0 atom stereocenters. The van der Waals surface area contributed by atoms with Crippen molar-refractivity contribution >= 4 is 31.5 Å². The normalized spacial score (nSPS) is 15.9. The number of carbonyl (C=O) groups is 1. The molecule has 1 aliphatic rings. The zero-order valence-electron chi connectivity index (χ0n) is 14.9. The van der Waals surface area contributed by atoms with Crippen molar-refractivity contribution in [3.05, 3.63) is 54.6 Å². The second-order valence-electron chi connectivity index (χ2n) is 6.16. The molecule has 1 fully saturated rings. The smallest absolute Gasteiger partial charge is 0.243 e. The Morgan fingerprint density at radius 2 is 1.50 bits per heavy atom. The molecule has 0 spiro atoms. The van der Waals surface area contributed by atoms with Crippen molar-refractivity contribution in [2.75, 3.05) is 37.4 Å². The second kappa shape index (κ2) is 8.39. The fourth-order valence-corrected chi connectivity index (χ4v) is 5.29. The summed E-state index contributed by atoms with van der Waals surface area (Å²) in [6.45, 7) is 1.28. The molecule has 150 valence electrons. The molecule has 2 aromatic rings. The van der Waals surface area contributed by atoms with Crippen LogP contribution in [0.5, 0.6) is 0 Å². The number of hydrogen-bond acceptors (Lipinski definition) is 6. The van der Waals surface area contributed by atoms with E-state index in [-0.39, 0.29) is 22.9 Å². The Kier molecular flexibility index (Phi) is 6.14. The van der Waals surface area contributed by atoms with Gasteiger partial charge in [0, 0.05) is 18.8 Å². The van der Waals surface area contributed by atoms with Crippen molar-refractivity contribution in [1.82, 2.24) is 4.31 Å². The molecule has 28 heavy (non-hydrogen) atoms. The Morgan fingerprint density at radius 1 is 0.893 bits per heavy atom. The van der Waals surface area contributed by atoms with Crippen LogP contribution in [0.4, 0.5) is 5.69 Å². The number of nitrogens with zero attached hydrogens (tertiary/aromatic N) is 1. The molecule has 0 radical (unpaired) electrons. The van der Waals surface area contributed by atoms with Gasteiger partial charge in [0.05, 0.1) is 23.0 Å². The van der Waals surface area contributed by atoms with Crippen LogP contribution in [0.1, 0.15) is 0 Å². The molecule has 0 unspecified atom stereocenters. The van der Waals surface area contributed by atoms with Gasteiger partial charge >= 0.3 is 0 Å². The maximum Gasteiger partial charge on any atom is 0.243 e. The Hall–Kier alpha value is -2.27. The summed E-state index contributed by atoms with van der Waals surface area (Å²) in [4.78, 5) is 12.3. The van der Waals surface area contributed by atoms with Gasteiger partial charge in [-0.3, -0.25) is 4.79 Å². The zero-order valence-corrected chi connectivity index (χ0v) is 16.6. The van der Waals surface area contributed by atoms with Crippen LogP contribution in [0.15, 0.2) is 64.4 Å². The predicted octanol–water partition coefficient (Wildman–Crippen LogP) is 1.12. The van der Waals surface area contributed by atoms with Crippen molar-refractivity contribution in [3.8, 4) is 0 Å². The first-order valence-electron chi connectivity index (χ1n) is 8.55. The first kappa shape index (κ1) is 20.5. The minimum absolute atomic E-state index is 0.0668. The minimum atomic E-state index is -3.75. The average Bonchev–Trinajstić information content (AvgIpc) is 2.69. The first-order valence-corrected chi connectivity index (χ1v) is 11.6. The van der Waals surface area contributed by atoms with Crippen molar-refractivity contribution in [2.24, 2.45) is 0 Å². The van der Waals surface area contributed by atoms with Crippen molar-refractivity contribution in [1.29, 1.82) is 0 Å². The lowest BCUT2D eigenvalue weighted by Crippen LogP contribution is -2.40. The Bertz CT molecular complexity index is 1030. The van der Waals surface area contributed by atoms with E-state index in [2.05, 4.69) is 5.32 Å². The van der Waals surface area contributed by atoms with Gasteiger partial charge in [0.25, 0.3) is 0 Å². The third kappa shape index (κ3) is 4.76. The Morgan fingerprint density at radius 3 is 2.11 bits per heavy atom. The van der Waals surface area contributed by atoms with E-state index in [0.717, 1.165) is 0 Å². The van der Waals surface area contributed by atoms with E-state index in [1.165, 1.54) is 40.7 Å². The molecule has 1 N–H and O–H groups in total. The molecule has 1 amide bonds. The number of amides is 1. The standard InChI is InChI=1S/C18H20N2O6S2/c21-18(14-27(22,23)16-4-2-1-3-5-16)19-15-6-8-17(9-7-15)28(24,25)20-10-12-26-13-11-20/h1-9H,10-14H2,(H,19,21). The lowest BCUT2D eigenvalue weighted by Gasteiger charge is -2.26. The summed E-state index contributed by atoms with van der Waals surface area (Å²) in [6.07, 6.45) is 0. The molecule has 8 nitrogen and oxygen atoms in total. The number of hydrogen-bond donors (Lipinski definition) is 1. The second-order valence-corrected chi connectivity index (χ2v) is 10.1. The number of benzene rings is 2. The fourth-order valence-electron chi connectivity index (χ4n) is 2.73. The molecular formula is C18H20N2O6S2. The lowest BCUT2D eigenvalue weighted by atomic mass is 10.3. The molecule has 1 aliphatic heterocycles. The highest BCUT2D eigenvalue weighted by Crippen LogP contribution is 2.19. The zero-order chi connectivity index (χ0) is 20.2. The van der Waals surface area contributed by atoms with Gasteiger partial charge in [0.2, 0.25) is 15.9 Å². The van der Waals surface area contributed by atoms with Crippen LogP contribution in [-0.4, -0.2) is 59.1 Å². The summed E-state index contributed by atoms with van der Waals surface area (Å²) >= 11 is 0. The number of rotatable bonds is 6. The van der Waals surface area contributed by atoms with Crippen LogP contribution < -0.4 is 5.32 Å². The number of ether oxygens (including phenoxy) is 1. The minimum Gasteiger partial charge on any atom is -0.379 e. The SMILES string of the molecule is O=C(CS(=O)(=O)c1ccccc1)Nc1ccc(S(=O)(=O)N2CCOCC2)cc1. The number of sulfonamides is 1. The van der Waals surface area contributed by atoms with Gasteiger partial charge in [-0.2, -0.15) is 4.31 Å². The molecule has 0 bridgehead atoms. The number of nitrogens with one attached hydrogen (secondary N) is 1. The van der Waals surface area contributed by atoms with Crippen LogP contribution in [0, 0.1) is 0 Å². The summed E-state index contributed by atoms with van der Waals surface area (Å²) in [7, 11) is -7.38. The van der Waals surface area contributed by atoms with E-state index in [0.29, 0.717) is 18.9 Å². The fraction of sp³-hybridized carbons (Fsp3) is 0.278. The van der Waals surface area contributed by atoms with Crippen molar-refractivity contribution in [2.45, 2.75) is 9.79 Å². The molecule has 1 heterocycles. The molecule has 2 aromatic carbocycles. The third-order valence-corrected chi connectivity index (χ3v) is 7.71. The highest BCUT2D eigenvalue weighted by Gasteiger charge is 2.26. The van der Waals surface area contributed by atoms with Crippen LogP contribution >= 0.6 is 0 Å². The highest BCUT2D eigenvalue weighted by molar-refractivity contribution is 7.92. The van der Waals surface area contributed by atoms with Gasteiger partial charge in [0.1, 0.15) is 5.75 Å². The van der Waals surface area contributed by atoms with Crippen molar-refractivity contribution < 1.29 is 26.4 Å². The third-order valence-electron chi connectivity index (χ3n) is 4.17. The van der Waals surface area contributed by atoms with Gasteiger partial charge < -0.3 is 10.1 Å². The van der Waals surface area contributed by atoms with Crippen LogP contribution in [0.2, 0.25) is 0 Å². The van der Waals surface area contributed by atoms with Gasteiger partial charge in [-0.05, 0) is 36.4 Å². The molecular weight excluding hydrogens is 404 g/mol. The molecule has 0 aromatic heterocycles. The van der Waals surface area contributed by atoms with E-state index in [9.17, 15) is 21.6 Å². The largest absolute Gasteiger partial charge is 0.379 e. The summed E-state index contributed by atoms with van der Waals surface area (Å²) < 4.78 is 56.1. The summed E-state index contributed by atoms with van der Waals surface area (Å²) in [5.74, 6) is -1.40. The van der Waals surface area contributed by atoms with Crippen LogP contribution in [-0.2, 0) is 29.4 Å². The maximum absolute atomic E-state index is 12.6. The Balaban J connectivity index is 1.66. The molecule has 1 saturated heterocycles. The predicted molar refractivity (Wildman–Crippen MR) is 103 cm³/mol. The summed E-state index contributed by atoms with van der Waals surface area (Å²) in [6, 6.07) is 13.3. The van der Waals surface area contributed by atoms with Gasteiger partial charge in [-0.1, -0.05) is 18.2 Å². The number of carbonyl (C=O) groups excluding carboxylic acids is 1. The van der Waals surface area contributed by atoms with E-state index in [1.54, 1.807) is 18.2 Å². The molecule has 10 heteroatoms. The van der Waals surface area contributed by atoms with E-state index in [1.807, 2.05) is 0 Å².